The van der Waals surface area contributed by atoms with E-state index in [9.17, 15) is 4.79 Å². The third kappa shape index (κ3) is 6.03. The van der Waals surface area contributed by atoms with Crippen LogP contribution in [0.4, 0.5) is 10.5 Å². The number of aliphatic imine (C=N–C) groups is 1. The van der Waals surface area contributed by atoms with Crippen molar-refractivity contribution in [3.05, 3.63) is 53.6 Å². The normalized spacial score (nSPS) is 12.4. The molecule has 0 unspecified atom stereocenters. The molecule has 0 aliphatic carbocycles. The van der Waals surface area contributed by atoms with Crippen LogP contribution in [0.1, 0.15) is 18.1 Å². The number of nitrogens with zero attached hydrogens (tertiary/aromatic N) is 1. The zero-order valence-electron chi connectivity index (χ0n) is 16.7. The number of carbonyl (C=O) groups is 1. The van der Waals surface area contributed by atoms with E-state index in [1.807, 2.05) is 49.4 Å². The van der Waals surface area contributed by atoms with Crippen molar-refractivity contribution in [2.75, 3.05) is 32.3 Å². The molecule has 154 valence electrons. The van der Waals surface area contributed by atoms with Gasteiger partial charge >= 0.3 is 6.09 Å². The summed E-state index contributed by atoms with van der Waals surface area (Å²) in [6.45, 7) is 4.36. The molecule has 0 saturated carbocycles. The maximum atomic E-state index is 11.2. The molecule has 0 fully saturated rings. The van der Waals surface area contributed by atoms with Crippen LogP contribution in [-0.2, 0) is 17.7 Å². The van der Waals surface area contributed by atoms with Gasteiger partial charge < -0.3 is 24.8 Å². The highest BCUT2D eigenvalue weighted by Gasteiger charge is 2.13. The molecule has 2 aromatic carbocycles. The van der Waals surface area contributed by atoms with Gasteiger partial charge in [-0.15, -0.1) is 0 Å². The summed E-state index contributed by atoms with van der Waals surface area (Å²) in [6.07, 6.45) is 0.353. The van der Waals surface area contributed by atoms with Crippen molar-refractivity contribution in [2.24, 2.45) is 4.99 Å². The zero-order valence-corrected chi connectivity index (χ0v) is 16.7. The first-order valence-electron chi connectivity index (χ1n) is 9.52. The summed E-state index contributed by atoms with van der Waals surface area (Å²) in [6, 6.07) is 13.5. The Bertz CT molecular complexity index is 852. The predicted octanol–water partition coefficient (Wildman–Crippen LogP) is 2.89. The van der Waals surface area contributed by atoms with E-state index < -0.39 is 6.09 Å². The van der Waals surface area contributed by atoms with E-state index >= 15 is 0 Å². The van der Waals surface area contributed by atoms with E-state index in [0.717, 1.165) is 42.5 Å². The number of hydrogen-bond acceptors (Lipinski definition) is 5. The van der Waals surface area contributed by atoms with Crippen molar-refractivity contribution in [3.8, 4) is 11.5 Å². The summed E-state index contributed by atoms with van der Waals surface area (Å²) in [5, 5.41) is 9.22. The number of hydrogen-bond donors (Lipinski definition) is 3. The van der Waals surface area contributed by atoms with Crippen LogP contribution in [0.15, 0.2) is 47.5 Å². The Morgan fingerprint density at radius 3 is 2.59 bits per heavy atom. The first-order chi connectivity index (χ1) is 14.2. The lowest BCUT2D eigenvalue weighted by Gasteiger charge is -2.12. The van der Waals surface area contributed by atoms with Gasteiger partial charge in [-0.05, 0) is 48.7 Å². The second kappa shape index (κ2) is 10.2. The quantitative estimate of drug-likeness (QED) is 0.491. The lowest BCUT2D eigenvalue weighted by atomic mass is 10.1. The molecule has 0 radical (unpaired) electrons. The fraction of sp³-hybridized carbons (Fsp3) is 0.333. The molecule has 3 rings (SSSR count). The minimum absolute atomic E-state index is 0.286. The van der Waals surface area contributed by atoms with Gasteiger partial charge in [0.05, 0.1) is 13.7 Å². The lowest BCUT2D eigenvalue weighted by molar-refractivity contribution is 0.174. The van der Waals surface area contributed by atoms with Crippen molar-refractivity contribution >= 4 is 17.7 Å². The SMILES string of the molecule is CCNC(=NCc1ccc(NC(=O)OC)cc1)NCCc1ccc2c(c1)OCO2. The summed E-state index contributed by atoms with van der Waals surface area (Å²) in [5.41, 5.74) is 2.89. The number of rotatable bonds is 7. The first kappa shape index (κ1) is 20.3. The van der Waals surface area contributed by atoms with Gasteiger partial charge in [0.1, 0.15) is 0 Å². The van der Waals surface area contributed by atoms with Crippen LogP contribution in [0.25, 0.3) is 0 Å². The Balaban J connectivity index is 1.50. The molecule has 29 heavy (non-hydrogen) atoms. The maximum Gasteiger partial charge on any atom is 0.411 e. The first-order valence-corrected chi connectivity index (χ1v) is 9.52. The summed E-state index contributed by atoms with van der Waals surface area (Å²) in [4.78, 5) is 15.8. The van der Waals surface area contributed by atoms with E-state index in [1.54, 1.807) is 0 Å². The van der Waals surface area contributed by atoms with Crippen molar-refractivity contribution in [1.82, 2.24) is 10.6 Å². The van der Waals surface area contributed by atoms with Crippen molar-refractivity contribution in [1.29, 1.82) is 0 Å². The largest absolute Gasteiger partial charge is 0.454 e. The molecule has 3 N–H and O–H groups in total. The summed E-state index contributed by atoms with van der Waals surface area (Å²) < 4.78 is 15.3. The summed E-state index contributed by atoms with van der Waals surface area (Å²) in [5.74, 6) is 2.35. The van der Waals surface area contributed by atoms with Gasteiger partial charge in [-0.25, -0.2) is 9.79 Å². The Morgan fingerprint density at radius 2 is 1.83 bits per heavy atom. The van der Waals surface area contributed by atoms with Crippen molar-refractivity contribution in [3.63, 3.8) is 0 Å². The number of guanidine groups is 1. The van der Waals surface area contributed by atoms with Crippen molar-refractivity contribution < 1.29 is 19.0 Å². The molecule has 0 bridgehead atoms. The Morgan fingerprint density at radius 1 is 1.07 bits per heavy atom. The molecule has 8 heteroatoms. The zero-order chi connectivity index (χ0) is 20.5. The van der Waals surface area contributed by atoms with Crippen molar-refractivity contribution in [2.45, 2.75) is 19.9 Å². The van der Waals surface area contributed by atoms with Crippen LogP contribution >= 0.6 is 0 Å². The molecular formula is C21H26N4O4. The molecule has 8 nitrogen and oxygen atoms in total. The molecule has 0 spiro atoms. The number of benzene rings is 2. The topological polar surface area (TPSA) is 93.2 Å². The molecule has 1 heterocycles. The Labute approximate surface area is 170 Å². The minimum Gasteiger partial charge on any atom is -0.454 e. The van der Waals surface area contributed by atoms with E-state index in [4.69, 9.17) is 9.47 Å². The van der Waals surface area contributed by atoms with Crippen LogP contribution in [-0.4, -0.2) is 39.0 Å². The molecule has 0 saturated heterocycles. The van der Waals surface area contributed by atoms with Crippen LogP contribution in [0, 0.1) is 0 Å². The smallest absolute Gasteiger partial charge is 0.411 e. The standard InChI is InChI=1S/C21H26N4O4/c1-3-22-20(23-11-10-15-6-9-18-19(12-15)29-14-28-18)24-13-16-4-7-17(8-5-16)25-21(26)27-2/h4-9,12H,3,10-11,13-14H2,1-2H3,(H,25,26)(H2,22,23,24). The van der Waals surface area contributed by atoms with E-state index in [-0.39, 0.29) is 6.79 Å². The van der Waals surface area contributed by atoms with Gasteiger partial charge in [0.15, 0.2) is 17.5 Å². The number of anilines is 1. The van der Waals surface area contributed by atoms with Crippen LogP contribution in [0.5, 0.6) is 11.5 Å². The molecule has 1 amide bonds. The number of ether oxygens (including phenoxy) is 3. The van der Waals surface area contributed by atoms with Gasteiger partial charge in [0.2, 0.25) is 6.79 Å². The van der Waals surface area contributed by atoms with E-state index in [1.165, 1.54) is 12.7 Å². The third-order valence-corrected chi connectivity index (χ3v) is 4.29. The van der Waals surface area contributed by atoms with Gasteiger partial charge in [-0.2, -0.15) is 0 Å². The number of methoxy groups -OCH3 is 1. The third-order valence-electron chi connectivity index (χ3n) is 4.29. The maximum absolute atomic E-state index is 11.2. The van der Waals surface area contributed by atoms with Crippen LogP contribution in [0.2, 0.25) is 0 Å². The molecule has 2 aromatic rings. The molecule has 1 aliphatic rings. The highest BCUT2D eigenvalue weighted by molar-refractivity contribution is 5.84. The minimum atomic E-state index is -0.489. The second-order valence-corrected chi connectivity index (χ2v) is 6.37. The number of fused-ring (bicyclic) bond motifs is 1. The van der Waals surface area contributed by atoms with Gasteiger partial charge in [-0.3, -0.25) is 5.32 Å². The fourth-order valence-corrected chi connectivity index (χ4v) is 2.80. The summed E-state index contributed by atoms with van der Waals surface area (Å²) in [7, 11) is 1.33. The number of carbonyl (C=O) groups excluding carboxylic acids is 1. The summed E-state index contributed by atoms with van der Waals surface area (Å²) >= 11 is 0. The number of amides is 1. The lowest BCUT2D eigenvalue weighted by Crippen LogP contribution is -2.38. The fourth-order valence-electron chi connectivity index (χ4n) is 2.80. The van der Waals surface area contributed by atoms with E-state index in [2.05, 4.69) is 25.7 Å². The highest BCUT2D eigenvalue weighted by Crippen LogP contribution is 2.32. The average Bonchev–Trinajstić information content (AvgIpc) is 3.21. The number of nitrogens with one attached hydrogen (secondary N) is 3. The van der Waals surface area contributed by atoms with Gasteiger partial charge in [-0.1, -0.05) is 18.2 Å². The molecule has 0 atom stereocenters. The van der Waals surface area contributed by atoms with Gasteiger partial charge in [0, 0.05) is 18.8 Å². The van der Waals surface area contributed by atoms with Gasteiger partial charge in [0.25, 0.3) is 0 Å². The average molecular weight is 398 g/mol. The highest BCUT2D eigenvalue weighted by atomic mass is 16.7. The van der Waals surface area contributed by atoms with Crippen LogP contribution < -0.4 is 25.4 Å². The van der Waals surface area contributed by atoms with E-state index in [0.29, 0.717) is 12.2 Å². The Kier molecular flexibility index (Phi) is 7.16. The predicted molar refractivity (Wildman–Crippen MR) is 112 cm³/mol. The van der Waals surface area contributed by atoms with Crippen LogP contribution in [0.3, 0.4) is 0 Å². The molecule has 0 aromatic heterocycles. The second-order valence-electron chi connectivity index (χ2n) is 6.37. The monoisotopic (exact) mass is 398 g/mol. The Hall–Kier alpha value is -3.42. The molecular weight excluding hydrogens is 372 g/mol. The molecule has 1 aliphatic heterocycles.